The molecule has 0 aliphatic carbocycles. The summed E-state index contributed by atoms with van der Waals surface area (Å²) < 4.78 is 5.64. The molecular weight excluding hydrogens is 210 g/mol. The maximum atomic E-state index is 5.64. The van der Waals surface area contributed by atoms with E-state index in [2.05, 4.69) is 57.3 Å². The Morgan fingerprint density at radius 3 is 2.29 bits per heavy atom. The lowest BCUT2D eigenvalue weighted by atomic mass is 10.1. The minimum absolute atomic E-state index is 0.389. The first-order chi connectivity index (χ1) is 8.13. The van der Waals surface area contributed by atoms with Gasteiger partial charge in [-0.05, 0) is 31.0 Å². The first-order valence-electron chi connectivity index (χ1n) is 6.62. The van der Waals surface area contributed by atoms with Crippen molar-refractivity contribution in [2.45, 2.75) is 52.6 Å². The predicted octanol–water partition coefficient (Wildman–Crippen LogP) is 3.92. The van der Waals surface area contributed by atoms with E-state index in [0.29, 0.717) is 12.1 Å². The molecule has 2 nitrogen and oxygen atoms in total. The molecule has 1 N–H and O–H groups in total. The van der Waals surface area contributed by atoms with Crippen LogP contribution in [-0.2, 0) is 0 Å². The molecule has 1 rings (SSSR count). The zero-order valence-electron chi connectivity index (χ0n) is 11.5. The van der Waals surface area contributed by atoms with Crippen LogP contribution in [0.3, 0.4) is 0 Å². The third kappa shape index (κ3) is 5.22. The Balaban J connectivity index is 2.49. The normalized spacial score (nSPS) is 12.8. The van der Waals surface area contributed by atoms with E-state index in [1.54, 1.807) is 0 Å². The lowest BCUT2D eigenvalue weighted by molar-refractivity contribution is 0.309. The van der Waals surface area contributed by atoms with Crippen molar-refractivity contribution in [1.29, 1.82) is 0 Å². The summed E-state index contributed by atoms with van der Waals surface area (Å²) >= 11 is 0. The van der Waals surface area contributed by atoms with E-state index >= 15 is 0 Å². The van der Waals surface area contributed by atoms with E-state index in [1.165, 1.54) is 12.0 Å². The SMILES string of the molecule is CCCCOc1ccc([C@@H](C)NC(C)C)cc1. The number of benzene rings is 1. The molecule has 0 aromatic heterocycles. The number of rotatable bonds is 7. The highest BCUT2D eigenvalue weighted by Crippen LogP contribution is 2.18. The van der Waals surface area contributed by atoms with Crippen molar-refractivity contribution in [3.05, 3.63) is 29.8 Å². The molecule has 0 saturated heterocycles. The molecule has 0 aliphatic heterocycles. The molecule has 0 radical (unpaired) electrons. The summed E-state index contributed by atoms with van der Waals surface area (Å²) in [5.74, 6) is 0.971. The van der Waals surface area contributed by atoms with Crippen molar-refractivity contribution in [2.75, 3.05) is 6.61 Å². The first-order valence-corrected chi connectivity index (χ1v) is 6.62. The molecule has 2 heteroatoms. The highest BCUT2D eigenvalue weighted by molar-refractivity contribution is 5.28. The fraction of sp³-hybridized carbons (Fsp3) is 0.600. The molecule has 1 aromatic rings. The van der Waals surface area contributed by atoms with Gasteiger partial charge in [-0.2, -0.15) is 0 Å². The minimum Gasteiger partial charge on any atom is -0.494 e. The fourth-order valence-corrected chi connectivity index (χ4v) is 1.78. The molecule has 0 saturated carbocycles. The summed E-state index contributed by atoms with van der Waals surface area (Å²) in [7, 11) is 0. The standard InChI is InChI=1S/C15H25NO/c1-5-6-11-17-15-9-7-14(8-10-15)13(4)16-12(2)3/h7-10,12-13,16H,5-6,11H2,1-4H3/t13-/m1/s1. The Hall–Kier alpha value is -1.02. The summed E-state index contributed by atoms with van der Waals surface area (Å²) in [4.78, 5) is 0. The van der Waals surface area contributed by atoms with Crippen LogP contribution in [0.25, 0.3) is 0 Å². The number of unbranched alkanes of at least 4 members (excludes halogenated alkanes) is 1. The highest BCUT2D eigenvalue weighted by atomic mass is 16.5. The van der Waals surface area contributed by atoms with Crippen molar-refractivity contribution in [2.24, 2.45) is 0 Å². The first kappa shape index (κ1) is 14.0. The van der Waals surface area contributed by atoms with Crippen LogP contribution in [0.5, 0.6) is 5.75 Å². The third-order valence-corrected chi connectivity index (χ3v) is 2.73. The van der Waals surface area contributed by atoms with Crippen LogP contribution < -0.4 is 10.1 Å². The summed E-state index contributed by atoms with van der Waals surface area (Å²) in [5.41, 5.74) is 1.31. The van der Waals surface area contributed by atoms with Crippen LogP contribution in [0.4, 0.5) is 0 Å². The molecule has 0 aliphatic rings. The number of nitrogens with one attached hydrogen (secondary N) is 1. The zero-order valence-corrected chi connectivity index (χ0v) is 11.5. The smallest absolute Gasteiger partial charge is 0.119 e. The quantitative estimate of drug-likeness (QED) is 0.723. The van der Waals surface area contributed by atoms with Crippen molar-refractivity contribution < 1.29 is 4.74 Å². The Bertz CT molecular complexity index is 305. The van der Waals surface area contributed by atoms with Gasteiger partial charge in [-0.3, -0.25) is 0 Å². The van der Waals surface area contributed by atoms with Gasteiger partial charge >= 0.3 is 0 Å². The van der Waals surface area contributed by atoms with Gasteiger partial charge in [-0.25, -0.2) is 0 Å². The van der Waals surface area contributed by atoms with E-state index in [4.69, 9.17) is 4.74 Å². The van der Waals surface area contributed by atoms with Crippen molar-refractivity contribution in [3.63, 3.8) is 0 Å². The lowest BCUT2D eigenvalue weighted by Crippen LogP contribution is -2.25. The molecule has 0 spiro atoms. The summed E-state index contributed by atoms with van der Waals surface area (Å²) in [6.07, 6.45) is 2.29. The van der Waals surface area contributed by atoms with Crippen molar-refractivity contribution >= 4 is 0 Å². The van der Waals surface area contributed by atoms with Gasteiger partial charge in [0.05, 0.1) is 6.61 Å². The van der Waals surface area contributed by atoms with Gasteiger partial charge in [0.1, 0.15) is 5.75 Å². The number of hydrogen-bond donors (Lipinski definition) is 1. The van der Waals surface area contributed by atoms with Crippen molar-refractivity contribution in [3.8, 4) is 5.75 Å². The van der Waals surface area contributed by atoms with E-state index in [9.17, 15) is 0 Å². The monoisotopic (exact) mass is 235 g/mol. The fourth-order valence-electron chi connectivity index (χ4n) is 1.78. The second-order valence-electron chi connectivity index (χ2n) is 4.81. The molecular formula is C15H25NO. The van der Waals surface area contributed by atoms with E-state index in [0.717, 1.165) is 18.8 Å². The molecule has 0 fully saturated rings. The Morgan fingerprint density at radius 2 is 1.76 bits per heavy atom. The Morgan fingerprint density at radius 1 is 1.12 bits per heavy atom. The molecule has 0 unspecified atom stereocenters. The highest BCUT2D eigenvalue weighted by Gasteiger charge is 2.06. The second kappa shape index (κ2) is 7.33. The van der Waals surface area contributed by atoms with Crippen LogP contribution >= 0.6 is 0 Å². The van der Waals surface area contributed by atoms with Gasteiger partial charge in [-0.15, -0.1) is 0 Å². The van der Waals surface area contributed by atoms with E-state index < -0.39 is 0 Å². The van der Waals surface area contributed by atoms with Gasteiger partial charge in [0.25, 0.3) is 0 Å². The predicted molar refractivity (Wildman–Crippen MR) is 73.5 cm³/mol. The number of hydrogen-bond acceptors (Lipinski definition) is 2. The van der Waals surface area contributed by atoms with E-state index in [1.807, 2.05) is 0 Å². The molecule has 96 valence electrons. The molecule has 17 heavy (non-hydrogen) atoms. The molecule has 0 heterocycles. The Kier molecular flexibility index (Phi) is 6.06. The summed E-state index contributed by atoms with van der Waals surface area (Å²) in [6, 6.07) is 9.29. The van der Waals surface area contributed by atoms with Crippen molar-refractivity contribution in [1.82, 2.24) is 5.32 Å². The third-order valence-electron chi connectivity index (χ3n) is 2.73. The van der Waals surface area contributed by atoms with Crippen LogP contribution in [0.15, 0.2) is 24.3 Å². The summed E-state index contributed by atoms with van der Waals surface area (Å²) in [5, 5.41) is 3.49. The van der Waals surface area contributed by atoms with Crippen LogP contribution in [0.1, 0.15) is 52.1 Å². The van der Waals surface area contributed by atoms with Gasteiger partial charge in [0.2, 0.25) is 0 Å². The maximum absolute atomic E-state index is 5.64. The maximum Gasteiger partial charge on any atom is 0.119 e. The zero-order chi connectivity index (χ0) is 12.7. The number of ether oxygens (including phenoxy) is 1. The van der Waals surface area contributed by atoms with E-state index in [-0.39, 0.29) is 0 Å². The molecule has 0 bridgehead atoms. The topological polar surface area (TPSA) is 21.3 Å². The average molecular weight is 235 g/mol. The lowest BCUT2D eigenvalue weighted by Gasteiger charge is -2.17. The Labute approximate surface area is 105 Å². The largest absolute Gasteiger partial charge is 0.494 e. The van der Waals surface area contributed by atoms with Crippen LogP contribution in [0, 0.1) is 0 Å². The average Bonchev–Trinajstić information content (AvgIpc) is 2.29. The van der Waals surface area contributed by atoms with Gasteiger partial charge in [0, 0.05) is 12.1 Å². The van der Waals surface area contributed by atoms with Gasteiger partial charge < -0.3 is 10.1 Å². The minimum atomic E-state index is 0.389. The summed E-state index contributed by atoms with van der Waals surface area (Å²) in [6.45, 7) is 9.51. The molecule has 1 aromatic carbocycles. The molecule has 0 amide bonds. The van der Waals surface area contributed by atoms with Gasteiger partial charge in [0.15, 0.2) is 0 Å². The second-order valence-corrected chi connectivity index (χ2v) is 4.81. The van der Waals surface area contributed by atoms with Crippen LogP contribution in [0.2, 0.25) is 0 Å². The van der Waals surface area contributed by atoms with Crippen LogP contribution in [-0.4, -0.2) is 12.6 Å². The van der Waals surface area contributed by atoms with Gasteiger partial charge in [-0.1, -0.05) is 39.3 Å². The molecule has 1 atom stereocenters.